The van der Waals surface area contributed by atoms with E-state index < -0.39 is 0 Å². The summed E-state index contributed by atoms with van der Waals surface area (Å²) in [6, 6.07) is 0. The molecule has 0 aromatic heterocycles. The van der Waals surface area contributed by atoms with Gasteiger partial charge in [-0.2, -0.15) is 0 Å². The van der Waals surface area contributed by atoms with Gasteiger partial charge in [0.1, 0.15) is 0 Å². The lowest BCUT2D eigenvalue weighted by Gasteiger charge is -2.24. The Labute approximate surface area is 123 Å². The monoisotopic (exact) mass is 285 g/mol. The molecule has 0 atom stereocenters. The van der Waals surface area contributed by atoms with Gasteiger partial charge in [-0.3, -0.25) is 0 Å². The standard InChI is InChI=1S/C15H27N3.ClH/c1-4-10-13(7-16)11(5-2)15(9-18)12(6-3)14(10)8-17;/h4-9,16-18H2,1-3H3;1H. The van der Waals surface area contributed by atoms with E-state index in [4.69, 9.17) is 17.2 Å². The van der Waals surface area contributed by atoms with Crippen LogP contribution in [0.15, 0.2) is 0 Å². The zero-order valence-corrected chi connectivity index (χ0v) is 13.2. The van der Waals surface area contributed by atoms with E-state index in [2.05, 4.69) is 20.8 Å². The smallest absolute Gasteiger partial charge is 0.0183 e. The van der Waals surface area contributed by atoms with Gasteiger partial charge in [-0.25, -0.2) is 0 Å². The third-order valence-electron chi connectivity index (χ3n) is 3.86. The quantitative estimate of drug-likeness (QED) is 0.749. The van der Waals surface area contributed by atoms with Gasteiger partial charge in [0.15, 0.2) is 0 Å². The number of benzene rings is 1. The highest BCUT2D eigenvalue weighted by molar-refractivity contribution is 5.85. The molecule has 4 heteroatoms. The molecule has 0 spiro atoms. The lowest BCUT2D eigenvalue weighted by molar-refractivity contribution is 0.852. The van der Waals surface area contributed by atoms with Crippen molar-refractivity contribution in [2.75, 3.05) is 0 Å². The van der Waals surface area contributed by atoms with Crippen molar-refractivity contribution in [1.82, 2.24) is 0 Å². The van der Waals surface area contributed by atoms with Gasteiger partial charge in [0.2, 0.25) is 0 Å². The maximum atomic E-state index is 5.96. The van der Waals surface area contributed by atoms with E-state index in [9.17, 15) is 0 Å². The minimum absolute atomic E-state index is 0. The van der Waals surface area contributed by atoms with Gasteiger partial charge in [-0.05, 0) is 52.6 Å². The van der Waals surface area contributed by atoms with E-state index in [1.54, 1.807) is 0 Å². The summed E-state index contributed by atoms with van der Waals surface area (Å²) in [4.78, 5) is 0. The molecule has 3 nitrogen and oxygen atoms in total. The Hall–Kier alpha value is -0.610. The van der Waals surface area contributed by atoms with E-state index in [1.807, 2.05) is 0 Å². The van der Waals surface area contributed by atoms with E-state index in [0.29, 0.717) is 19.6 Å². The molecule has 0 radical (unpaired) electrons. The zero-order chi connectivity index (χ0) is 13.7. The number of nitrogens with two attached hydrogens (primary N) is 3. The van der Waals surface area contributed by atoms with E-state index >= 15 is 0 Å². The SMILES string of the molecule is CCc1c(CN)c(CC)c(CN)c(CC)c1CN.Cl. The predicted molar refractivity (Wildman–Crippen MR) is 85.5 cm³/mol. The van der Waals surface area contributed by atoms with Crippen molar-refractivity contribution in [3.8, 4) is 0 Å². The topological polar surface area (TPSA) is 78.1 Å². The molecule has 6 N–H and O–H groups in total. The highest BCUT2D eigenvalue weighted by Crippen LogP contribution is 2.29. The van der Waals surface area contributed by atoms with Gasteiger partial charge in [-0.15, -0.1) is 12.4 Å². The third kappa shape index (κ3) is 3.29. The third-order valence-corrected chi connectivity index (χ3v) is 3.86. The molecule has 0 unspecified atom stereocenters. The Balaban J connectivity index is 0.00000324. The minimum Gasteiger partial charge on any atom is -0.326 e. The van der Waals surface area contributed by atoms with E-state index in [0.717, 1.165) is 19.3 Å². The summed E-state index contributed by atoms with van der Waals surface area (Å²) in [7, 11) is 0. The lowest BCUT2D eigenvalue weighted by Crippen LogP contribution is -2.18. The Morgan fingerprint density at radius 3 is 0.842 bits per heavy atom. The normalized spacial score (nSPS) is 10.4. The van der Waals surface area contributed by atoms with Crippen LogP contribution in [0.1, 0.15) is 54.2 Å². The molecule has 0 saturated heterocycles. The molecule has 1 aromatic rings. The second-order valence-corrected chi connectivity index (χ2v) is 4.54. The van der Waals surface area contributed by atoms with Crippen molar-refractivity contribution in [2.45, 2.75) is 59.7 Å². The largest absolute Gasteiger partial charge is 0.326 e. The van der Waals surface area contributed by atoms with Gasteiger partial charge >= 0.3 is 0 Å². The molecule has 0 aliphatic rings. The summed E-state index contributed by atoms with van der Waals surface area (Å²) >= 11 is 0. The second kappa shape index (κ2) is 8.54. The van der Waals surface area contributed by atoms with Gasteiger partial charge in [-0.1, -0.05) is 20.8 Å². The summed E-state index contributed by atoms with van der Waals surface area (Å²) in [5, 5.41) is 0. The average Bonchev–Trinajstić information content (AvgIpc) is 2.43. The molecule has 110 valence electrons. The molecule has 0 bridgehead atoms. The van der Waals surface area contributed by atoms with E-state index in [1.165, 1.54) is 33.4 Å². The summed E-state index contributed by atoms with van der Waals surface area (Å²) < 4.78 is 0. The molecule has 0 fully saturated rings. The average molecular weight is 286 g/mol. The lowest BCUT2D eigenvalue weighted by atomic mass is 9.83. The van der Waals surface area contributed by atoms with Crippen molar-refractivity contribution in [2.24, 2.45) is 17.2 Å². The number of hydrogen-bond donors (Lipinski definition) is 3. The summed E-state index contributed by atoms with van der Waals surface area (Å²) in [6.07, 6.45) is 2.97. The molecular weight excluding hydrogens is 258 g/mol. The van der Waals surface area contributed by atoms with Gasteiger partial charge < -0.3 is 17.2 Å². The molecule has 0 aliphatic carbocycles. The molecule has 1 aromatic carbocycles. The summed E-state index contributed by atoms with van der Waals surface area (Å²) in [6.45, 7) is 8.26. The van der Waals surface area contributed by atoms with E-state index in [-0.39, 0.29) is 12.4 Å². The molecule has 0 aliphatic heterocycles. The van der Waals surface area contributed by atoms with Crippen LogP contribution in [0.25, 0.3) is 0 Å². The second-order valence-electron chi connectivity index (χ2n) is 4.54. The van der Waals surface area contributed by atoms with Crippen LogP contribution >= 0.6 is 12.4 Å². The van der Waals surface area contributed by atoms with Crippen LogP contribution in [-0.2, 0) is 38.9 Å². The van der Waals surface area contributed by atoms with Crippen LogP contribution in [0.2, 0.25) is 0 Å². The van der Waals surface area contributed by atoms with Gasteiger partial charge in [0.25, 0.3) is 0 Å². The van der Waals surface area contributed by atoms with Crippen LogP contribution in [0.5, 0.6) is 0 Å². The van der Waals surface area contributed by atoms with Crippen molar-refractivity contribution in [1.29, 1.82) is 0 Å². The fraction of sp³-hybridized carbons (Fsp3) is 0.600. The Morgan fingerprint density at radius 1 is 0.526 bits per heavy atom. The van der Waals surface area contributed by atoms with Crippen molar-refractivity contribution in [3.63, 3.8) is 0 Å². The Kier molecular flexibility index (Phi) is 8.26. The molecule has 0 saturated carbocycles. The maximum Gasteiger partial charge on any atom is 0.0183 e. The fourth-order valence-corrected chi connectivity index (χ4v) is 3.11. The fourth-order valence-electron chi connectivity index (χ4n) is 3.11. The number of rotatable bonds is 6. The van der Waals surface area contributed by atoms with Gasteiger partial charge in [0.05, 0.1) is 0 Å². The van der Waals surface area contributed by atoms with Crippen LogP contribution in [0, 0.1) is 0 Å². The first-order valence-corrected chi connectivity index (χ1v) is 6.97. The molecule has 0 amide bonds. The van der Waals surface area contributed by atoms with Crippen molar-refractivity contribution < 1.29 is 0 Å². The molecular formula is C15H28ClN3. The molecule has 1 rings (SSSR count). The molecule has 0 heterocycles. The summed E-state index contributed by atoms with van der Waals surface area (Å²) in [5.41, 5.74) is 25.8. The Bertz CT molecular complexity index is 296. The predicted octanol–water partition coefficient (Wildman–Crippen LogP) is 2.17. The highest BCUT2D eigenvalue weighted by Gasteiger charge is 2.18. The van der Waals surface area contributed by atoms with Crippen LogP contribution in [-0.4, -0.2) is 0 Å². The number of hydrogen-bond acceptors (Lipinski definition) is 3. The van der Waals surface area contributed by atoms with Crippen molar-refractivity contribution >= 4 is 12.4 Å². The maximum absolute atomic E-state index is 5.96. The first kappa shape index (κ1) is 18.4. The molecule has 19 heavy (non-hydrogen) atoms. The van der Waals surface area contributed by atoms with Crippen LogP contribution in [0.4, 0.5) is 0 Å². The first-order chi connectivity index (χ1) is 8.69. The summed E-state index contributed by atoms with van der Waals surface area (Å²) in [5.74, 6) is 0. The number of halogens is 1. The first-order valence-electron chi connectivity index (χ1n) is 6.97. The van der Waals surface area contributed by atoms with Crippen LogP contribution < -0.4 is 17.2 Å². The highest BCUT2D eigenvalue weighted by atomic mass is 35.5. The van der Waals surface area contributed by atoms with Gasteiger partial charge in [0, 0.05) is 19.6 Å². The van der Waals surface area contributed by atoms with Crippen molar-refractivity contribution in [3.05, 3.63) is 33.4 Å². The Morgan fingerprint density at radius 2 is 0.737 bits per heavy atom. The van der Waals surface area contributed by atoms with Crippen LogP contribution in [0.3, 0.4) is 0 Å². The zero-order valence-electron chi connectivity index (χ0n) is 12.4. The minimum atomic E-state index is 0.